The van der Waals surface area contributed by atoms with Crippen molar-refractivity contribution in [3.63, 3.8) is 0 Å². The Morgan fingerprint density at radius 3 is 2.58 bits per heavy atom. The van der Waals surface area contributed by atoms with Crippen LogP contribution in [-0.4, -0.2) is 55.8 Å². The number of allylic oxidation sites excluding steroid dienone is 1. The van der Waals surface area contributed by atoms with Crippen LogP contribution in [0.2, 0.25) is 0 Å². The van der Waals surface area contributed by atoms with E-state index in [2.05, 4.69) is 19.9 Å². The maximum Gasteiger partial charge on any atom is 0.331 e. The fourth-order valence-corrected chi connectivity index (χ4v) is 4.88. The zero-order valence-corrected chi connectivity index (χ0v) is 20.3. The lowest BCUT2D eigenvalue weighted by molar-refractivity contribution is -0.163. The minimum atomic E-state index is -0.367. The number of epoxide rings is 2. The molecule has 1 saturated carbocycles. The van der Waals surface area contributed by atoms with Crippen LogP contribution in [0.5, 0.6) is 5.75 Å². The van der Waals surface area contributed by atoms with Crippen molar-refractivity contribution in [2.45, 2.75) is 83.1 Å². The number of benzene rings is 1. The predicted octanol–water partition coefficient (Wildman–Crippen LogP) is 4.72. The second kappa shape index (κ2) is 10.00. The molecule has 180 valence electrons. The van der Waals surface area contributed by atoms with Crippen molar-refractivity contribution in [1.29, 1.82) is 0 Å². The van der Waals surface area contributed by atoms with Gasteiger partial charge in [0.1, 0.15) is 18.0 Å². The molecule has 2 saturated heterocycles. The van der Waals surface area contributed by atoms with E-state index in [1.54, 1.807) is 13.2 Å². The summed E-state index contributed by atoms with van der Waals surface area (Å²) in [5.41, 5.74) is 2.00. The SMILES string of the molecule is CO[C@H]1C(C2OC2CC=C(C)C)[C@]2(CC[C@H]1OC(=O)/C=C/c1ccc(OC(C)C)cc1)CO2. The van der Waals surface area contributed by atoms with E-state index in [0.717, 1.165) is 37.2 Å². The quantitative estimate of drug-likeness (QED) is 0.232. The van der Waals surface area contributed by atoms with E-state index in [-0.39, 0.29) is 48.0 Å². The van der Waals surface area contributed by atoms with Gasteiger partial charge >= 0.3 is 5.97 Å². The number of hydrogen-bond acceptors (Lipinski definition) is 6. The van der Waals surface area contributed by atoms with Gasteiger partial charge in [0.05, 0.1) is 30.5 Å². The molecule has 6 heteroatoms. The Hall–Kier alpha value is -2.15. The number of ether oxygens (including phenoxy) is 5. The number of methoxy groups -OCH3 is 1. The highest BCUT2D eigenvalue weighted by Gasteiger charge is 2.66. The number of carbonyl (C=O) groups is 1. The van der Waals surface area contributed by atoms with E-state index in [4.69, 9.17) is 23.7 Å². The second-order valence-corrected chi connectivity index (χ2v) is 9.82. The van der Waals surface area contributed by atoms with Crippen LogP contribution < -0.4 is 4.74 Å². The van der Waals surface area contributed by atoms with Gasteiger partial charge in [-0.2, -0.15) is 0 Å². The average molecular weight is 457 g/mol. The molecule has 3 fully saturated rings. The molecular weight excluding hydrogens is 420 g/mol. The van der Waals surface area contributed by atoms with Crippen molar-refractivity contribution in [3.05, 3.63) is 47.6 Å². The minimum Gasteiger partial charge on any atom is -0.491 e. The monoisotopic (exact) mass is 456 g/mol. The number of rotatable bonds is 9. The van der Waals surface area contributed by atoms with Crippen LogP contribution in [0.3, 0.4) is 0 Å². The first-order chi connectivity index (χ1) is 15.8. The first-order valence-corrected chi connectivity index (χ1v) is 11.9. The summed E-state index contributed by atoms with van der Waals surface area (Å²) < 4.78 is 29.3. The van der Waals surface area contributed by atoms with Crippen molar-refractivity contribution < 1.29 is 28.5 Å². The summed E-state index contributed by atoms with van der Waals surface area (Å²) in [6.45, 7) is 8.89. The van der Waals surface area contributed by atoms with Crippen LogP contribution in [0, 0.1) is 5.92 Å². The van der Waals surface area contributed by atoms with E-state index in [1.807, 2.05) is 38.1 Å². The molecule has 0 N–H and O–H groups in total. The summed E-state index contributed by atoms with van der Waals surface area (Å²) in [6, 6.07) is 7.63. The molecule has 2 aliphatic heterocycles. The largest absolute Gasteiger partial charge is 0.491 e. The Bertz CT molecular complexity index is 878. The fourth-order valence-electron chi connectivity index (χ4n) is 4.88. The molecule has 33 heavy (non-hydrogen) atoms. The molecule has 3 unspecified atom stereocenters. The average Bonchev–Trinajstić information content (AvgIpc) is 3.70. The van der Waals surface area contributed by atoms with E-state index in [1.165, 1.54) is 11.6 Å². The molecule has 6 atom stereocenters. The van der Waals surface area contributed by atoms with Gasteiger partial charge in [-0.3, -0.25) is 0 Å². The molecular formula is C27H36O6. The zero-order chi connectivity index (χ0) is 23.6. The predicted molar refractivity (Wildman–Crippen MR) is 126 cm³/mol. The lowest BCUT2D eigenvalue weighted by atomic mass is 9.73. The van der Waals surface area contributed by atoms with Crippen LogP contribution in [0.4, 0.5) is 0 Å². The van der Waals surface area contributed by atoms with Gasteiger partial charge in [0.25, 0.3) is 0 Å². The molecule has 0 bridgehead atoms. The Balaban J connectivity index is 1.37. The van der Waals surface area contributed by atoms with Crippen LogP contribution in [0.25, 0.3) is 6.08 Å². The lowest BCUT2D eigenvalue weighted by Gasteiger charge is -2.39. The van der Waals surface area contributed by atoms with Gasteiger partial charge in [-0.25, -0.2) is 4.79 Å². The van der Waals surface area contributed by atoms with Crippen LogP contribution >= 0.6 is 0 Å². The Morgan fingerprint density at radius 1 is 1.24 bits per heavy atom. The van der Waals surface area contributed by atoms with Crippen LogP contribution in [0.15, 0.2) is 42.0 Å². The van der Waals surface area contributed by atoms with Gasteiger partial charge in [0.2, 0.25) is 0 Å². The number of hydrogen-bond donors (Lipinski definition) is 0. The summed E-state index contributed by atoms with van der Waals surface area (Å²) in [7, 11) is 1.68. The Labute approximate surface area is 196 Å². The third-order valence-electron chi connectivity index (χ3n) is 6.63. The molecule has 2 heterocycles. The Kier molecular flexibility index (Phi) is 7.27. The minimum absolute atomic E-state index is 0.0714. The van der Waals surface area contributed by atoms with Gasteiger partial charge < -0.3 is 23.7 Å². The highest BCUT2D eigenvalue weighted by molar-refractivity contribution is 5.87. The van der Waals surface area contributed by atoms with E-state index >= 15 is 0 Å². The Morgan fingerprint density at radius 2 is 1.97 bits per heavy atom. The van der Waals surface area contributed by atoms with Crippen LogP contribution in [-0.2, 0) is 23.7 Å². The normalized spacial score (nSPS) is 32.7. The second-order valence-electron chi connectivity index (χ2n) is 9.82. The van der Waals surface area contributed by atoms with E-state index in [0.29, 0.717) is 0 Å². The van der Waals surface area contributed by atoms with Crippen molar-refractivity contribution in [2.24, 2.45) is 5.92 Å². The molecule has 0 amide bonds. The highest BCUT2D eigenvalue weighted by Crippen LogP contribution is 2.54. The molecule has 1 aromatic carbocycles. The summed E-state index contributed by atoms with van der Waals surface area (Å²) in [5, 5.41) is 0. The molecule has 4 rings (SSSR count). The number of carbonyl (C=O) groups excluding carboxylic acids is 1. The van der Waals surface area contributed by atoms with E-state index in [9.17, 15) is 4.79 Å². The molecule has 1 spiro atoms. The lowest BCUT2D eigenvalue weighted by Crippen LogP contribution is -2.52. The van der Waals surface area contributed by atoms with Crippen LogP contribution in [0.1, 0.15) is 52.5 Å². The van der Waals surface area contributed by atoms with Crippen molar-refractivity contribution in [1.82, 2.24) is 0 Å². The molecule has 0 aromatic heterocycles. The third kappa shape index (κ3) is 5.86. The molecule has 1 aromatic rings. The van der Waals surface area contributed by atoms with Gasteiger partial charge in [0, 0.05) is 19.1 Å². The van der Waals surface area contributed by atoms with Crippen molar-refractivity contribution in [2.75, 3.05) is 13.7 Å². The number of esters is 1. The summed E-state index contributed by atoms with van der Waals surface area (Å²) in [4.78, 5) is 12.6. The third-order valence-corrected chi connectivity index (χ3v) is 6.63. The first-order valence-electron chi connectivity index (χ1n) is 11.9. The molecule has 3 aliphatic rings. The topological polar surface area (TPSA) is 69.8 Å². The molecule has 6 nitrogen and oxygen atoms in total. The van der Waals surface area contributed by atoms with Crippen molar-refractivity contribution >= 4 is 12.0 Å². The van der Waals surface area contributed by atoms with Crippen molar-refractivity contribution in [3.8, 4) is 5.75 Å². The summed E-state index contributed by atoms with van der Waals surface area (Å²) in [6.07, 6.45) is 7.74. The molecule has 1 aliphatic carbocycles. The maximum absolute atomic E-state index is 12.6. The standard InChI is InChI=1S/C27H36O6/c1-17(2)6-12-21-26(33-21)24-25(29-5)22(14-15-27(24)16-30-27)32-23(28)13-9-19-7-10-20(11-8-19)31-18(3)4/h6-11,13,18,21-22,24-26H,12,14-16H2,1-5H3/b13-9+/t21?,22-,24?,25-,26?,27+/m1/s1. The summed E-state index contributed by atoms with van der Waals surface area (Å²) >= 11 is 0. The van der Waals surface area contributed by atoms with Gasteiger partial charge in [0.15, 0.2) is 0 Å². The molecule has 0 radical (unpaired) electrons. The summed E-state index contributed by atoms with van der Waals surface area (Å²) in [5.74, 6) is 0.512. The van der Waals surface area contributed by atoms with Gasteiger partial charge in [-0.15, -0.1) is 0 Å². The van der Waals surface area contributed by atoms with Gasteiger partial charge in [-0.1, -0.05) is 23.8 Å². The highest BCUT2D eigenvalue weighted by atomic mass is 16.6. The zero-order valence-electron chi connectivity index (χ0n) is 20.3. The smallest absolute Gasteiger partial charge is 0.331 e. The maximum atomic E-state index is 12.6. The van der Waals surface area contributed by atoms with E-state index < -0.39 is 0 Å². The fraction of sp³-hybridized carbons (Fsp3) is 0.593. The first kappa shape index (κ1) is 24.0. The van der Waals surface area contributed by atoms with Gasteiger partial charge in [-0.05, 0) is 70.7 Å².